The van der Waals surface area contributed by atoms with Gasteiger partial charge in [0.05, 0.1) is 24.7 Å². The number of benzene rings is 1. The summed E-state index contributed by atoms with van der Waals surface area (Å²) >= 11 is 0. The molecule has 3 rings (SSSR count). The normalized spacial score (nSPS) is 23.0. The third-order valence-electron chi connectivity index (χ3n) is 5.48. The molecule has 3 amide bonds. The van der Waals surface area contributed by atoms with Crippen LogP contribution in [0.25, 0.3) is 0 Å². The summed E-state index contributed by atoms with van der Waals surface area (Å²) in [4.78, 5) is 38.7. The van der Waals surface area contributed by atoms with E-state index < -0.39 is 53.4 Å². The molecule has 2 atom stereocenters. The van der Waals surface area contributed by atoms with Crippen molar-refractivity contribution in [1.29, 1.82) is 0 Å². The van der Waals surface area contributed by atoms with E-state index in [4.69, 9.17) is 9.47 Å². The van der Waals surface area contributed by atoms with Crippen molar-refractivity contribution in [3.05, 3.63) is 35.4 Å². The first-order chi connectivity index (χ1) is 15.3. The van der Waals surface area contributed by atoms with Gasteiger partial charge in [0.1, 0.15) is 11.2 Å². The lowest BCUT2D eigenvalue weighted by molar-refractivity contribution is -0.137. The highest BCUT2D eigenvalue weighted by molar-refractivity contribution is 5.96. The highest BCUT2D eigenvalue weighted by Crippen LogP contribution is 2.36. The molecule has 1 unspecified atom stereocenters. The van der Waals surface area contributed by atoms with Gasteiger partial charge in [0, 0.05) is 18.7 Å². The van der Waals surface area contributed by atoms with Crippen LogP contribution in [0.15, 0.2) is 24.3 Å². The summed E-state index contributed by atoms with van der Waals surface area (Å²) in [5, 5.41) is 5.12. The molecule has 2 saturated heterocycles. The van der Waals surface area contributed by atoms with Crippen LogP contribution in [-0.4, -0.2) is 66.3 Å². The van der Waals surface area contributed by atoms with E-state index >= 15 is 0 Å². The van der Waals surface area contributed by atoms with Gasteiger partial charge in [-0.1, -0.05) is 6.07 Å². The maximum absolute atomic E-state index is 12.9. The van der Waals surface area contributed by atoms with Gasteiger partial charge in [-0.3, -0.25) is 9.59 Å². The molecule has 1 spiro atoms. The van der Waals surface area contributed by atoms with E-state index in [1.807, 2.05) is 0 Å². The van der Waals surface area contributed by atoms with Crippen molar-refractivity contribution in [1.82, 2.24) is 15.5 Å². The van der Waals surface area contributed by atoms with Gasteiger partial charge in [0.2, 0.25) is 5.91 Å². The van der Waals surface area contributed by atoms with Crippen LogP contribution >= 0.6 is 0 Å². The SMILES string of the molecule is CC(C)(C)OC(=O)N1C[C@H](NC(=O)CNC(=O)c2cccc(C(F)(F)F)c2)C2(CCCO2)C1. The zero-order valence-electron chi connectivity index (χ0n) is 18.8. The molecule has 1 aromatic carbocycles. The second-order valence-electron chi connectivity index (χ2n) is 9.26. The fourth-order valence-corrected chi connectivity index (χ4v) is 3.99. The van der Waals surface area contributed by atoms with E-state index in [0.717, 1.165) is 24.6 Å². The minimum atomic E-state index is -4.58. The summed E-state index contributed by atoms with van der Waals surface area (Å²) in [6.45, 7) is 5.79. The molecule has 2 fully saturated rings. The average molecular weight is 471 g/mol. The van der Waals surface area contributed by atoms with Crippen LogP contribution in [0.2, 0.25) is 0 Å². The summed E-state index contributed by atoms with van der Waals surface area (Å²) in [6.07, 6.45) is -3.66. The van der Waals surface area contributed by atoms with Crippen molar-refractivity contribution in [3.8, 4) is 0 Å². The van der Waals surface area contributed by atoms with Crippen LogP contribution in [0.5, 0.6) is 0 Å². The largest absolute Gasteiger partial charge is 0.444 e. The predicted octanol–water partition coefficient (Wildman–Crippen LogP) is 2.72. The molecule has 1 aromatic rings. The van der Waals surface area contributed by atoms with Crippen LogP contribution in [0, 0.1) is 0 Å². The van der Waals surface area contributed by atoms with E-state index in [9.17, 15) is 27.6 Å². The maximum atomic E-state index is 12.9. The molecule has 2 aliphatic rings. The Labute approximate surface area is 189 Å². The number of likely N-dealkylation sites (tertiary alicyclic amines) is 1. The van der Waals surface area contributed by atoms with Gasteiger partial charge in [0.25, 0.3) is 5.91 Å². The highest BCUT2D eigenvalue weighted by atomic mass is 19.4. The Balaban J connectivity index is 1.59. The lowest BCUT2D eigenvalue weighted by Gasteiger charge is -2.29. The third-order valence-corrected chi connectivity index (χ3v) is 5.48. The second kappa shape index (κ2) is 9.20. The smallest absolute Gasteiger partial charge is 0.416 e. The first-order valence-electron chi connectivity index (χ1n) is 10.7. The van der Waals surface area contributed by atoms with E-state index in [1.165, 1.54) is 11.0 Å². The predicted molar refractivity (Wildman–Crippen MR) is 111 cm³/mol. The number of hydrogen-bond donors (Lipinski definition) is 2. The average Bonchev–Trinajstić information content (AvgIpc) is 3.32. The first-order valence-corrected chi connectivity index (χ1v) is 10.7. The molecule has 0 radical (unpaired) electrons. The van der Waals surface area contributed by atoms with Crippen molar-refractivity contribution < 1.29 is 37.0 Å². The number of alkyl halides is 3. The number of nitrogens with zero attached hydrogens (tertiary/aromatic N) is 1. The summed E-state index contributed by atoms with van der Waals surface area (Å²) in [5.41, 5.74) is -2.56. The van der Waals surface area contributed by atoms with Gasteiger partial charge in [-0.2, -0.15) is 13.2 Å². The van der Waals surface area contributed by atoms with Crippen molar-refractivity contribution in [2.45, 2.75) is 57.0 Å². The molecule has 0 saturated carbocycles. The van der Waals surface area contributed by atoms with E-state index in [2.05, 4.69) is 10.6 Å². The summed E-state index contributed by atoms with van der Waals surface area (Å²) in [5.74, 6) is -1.34. The van der Waals surface area contributed by atoms with Gasteiger partial charge >= 0.3 is 12.3 Å². The molecular formula is C22H28F3N3O5. The van der Waals surface area contributed by atoms with Crippen LogP contribution in [0.3, 0.4) is 0 Å². The Morgan fingerprint density at radius 1 is 1.24 bits per heavy atom. The van der Waals surface area contributed by atoms with Crippen LogP contribution in [0.4, 0.5) is 18.0 Å². The topological polar surface area (TPSA) is 97.0 Å². The van der Waals surface area contributed by atoms with Crippen molar-refractivity contribution >= 4 is 17.9 Å². The Morgan fingerprint density at radius 2 is 1.97 bits per heavy atom. The second-order valence-corrected chi connectivity index (χ2v) is 9.26. The van der Waals surface area contributed by atoms with Crippen LogP contribution < -0.4 is 10.6 Å². The molecular weight excluding hydrogens is 443 g/mol. The number of ether oxygens (including phenoxy) is 2. The zero-order valence-corrected chi connectivity index (χ0v) is 18.8. The highest BCUT2D eigenvalue weighted by Gasteiger charge is 2.52. The quantitative estimate of drug-likeness (QED) is 0.704. The van der Waals surface area contributed by atoms with Crippen molar-refractivity contribution in [3.63, 3.8) is 0 Å². The number of carbonyl (C=O) groups is 3. The van der Waals surface area contributed by atoms with Crippen molar-refractivity contribution in [2.75, 3.05) is 26.2 Å². The molecule has 33 heavy (non-hydrogen) atoms. The first kappa shape index (κ1) is 24.8. The van der Waals surface area contributed by atoms with E-state index in [-0.39, 0.29) is 18.7 Å². The Kier molecular flexibility index (Phi) is 6.92. The van der Waals surface area contributed by atoms with Gasteiger partial charge in [0.15, 0.2) is 0 Å². The molecule has 182 valence electrons. The minimum Gasteiger partial charge on any atom is -0.444 e. The summed E-state index contributed by atoms with van der Waals surface area (Å²) in [6, 6.07) is 3.44. The van der Waals surface area contributed by atoms with Gasteiger partial charge in [-0.15, -0.1) is 0 Å². The molecule has 0 aromatic heterocycles. The van der Waals surface area contributed by atoms with Gasteiger partial charge in [-0.25, -0.2) is 4.79 Å². The fourth-order valence-electron chi connectivity index (χ4n) is 3.99. The van der Waals surface area contributed by atoms with Crippen molar-refractivity contribution in [2.24, 2.45) is 0 Å². The number of rotatable bonds is 4. The molecule has 2 heterocycles. The number of carbonyl (C=O) groups excluding carboxylic acids is 3. The van der Waals surface area contributed by atoms with Gasteiger partial charge < -0.3 is 25.0 Å². The Morgan fingerprint density at radius 3 is 2.58 bits per heavy atom. The van der Waals surface area contributed by atoms with Crippen LogP contribution in [0.1, 0.15) is 49.5 Å². The van der Waals surface area contributed by atoms with E-state index in [1.54, 1.807) is 20.8 Å². The molecule has 2 N–H and O–H groups in total. The molecule has 0 aliphatic carbocycles. The molecule has 0 bridgehead atoms. The van der Waals surface area contributed by atoms with Gasteiger partial charge in [-0.05, 0) is 51.8 Å². The third kappa shape index (κ3) is 6.16. The number of amides is 3. The Bertz CT molecular complexity index is 907. The monoisotopic (exact) mass is 471 g/mol. The van der Waals surface area contributed by atoms with E-state index in [0.29, 0.717) is 13.0 Å². The number of nitrogens with one attached hydrogen (secondary N) is 2. The molecule has 11 heteroatoms. The van der Waals surface area contributed by atoms with Crippen LogP contribution in [-0.2, 0) is 20.4 Å². The number of hydrogen-bond acceptors (Lipinski definition) is 5. The number of halogens is 3. The lowest BCUT2D eigenvalue weighted by Crippen LogP contribution is -2.53. The fraction of sp³-hybridized carbons (Fsp3) is 0.591. The zero-order chi connectivity index (χ0) is 24.4. The Hall–Kier alpha value is -2.82. The summed E-state index contributed by atoms with van der Waals surface area (Å²) in [7, 11) is 0. The standard InChI is InChI=1S/C22H28F3N3O5/c1-20(2,3)33-19(31)28-12-16(21(13-28)8-5-9-32-21)27-17(29)11-26-18(30)14-6-4-7-15(10-14)22(23,24)25/h4,6-7,10,16H,5,8-9,11-13H2,1-3H3,(H,26,30)(H,27,29)/t16-,21?/m0/s1. The minimum absolute atomic E-state index is 0.183. The lowest BCUT2D eigenvalue weighted by atomic mass is 9.94. The summed E-state index contributed by atoms with van der Waals surface area (Å²) < 4.78 is 49.9. The molecule has 8 nitrogen and oxygen atoms in total. The molecule has 2 aliphatic heterocycles. The maximum Gasteiger partial charge on any atom is 0.416 e.